The third-order valence-corrected chi connectivity index (χ3v) is 3.71. The smallest absolute Gasteiger partial charge is 0.143 e. The molecule has 2 rings (SSSR count). The summed E-state index contributed by atoms with van der Waals surface area (Å²) in [5, 5.41) is 4.72. The van der Waals surface area contributed by atoms with Gasteiger partial charge < -0.3 is 0 Å². The Balaban J connectivity index is 2.09. The number of nitrogens with zero attached hydrogens (tertiary/aromatic N) is 2. The minimum absolute atomic E-state index is 0.0424. The molecule has 5 heteroatoms. The summed E-state index contributed by atoms with van der Waals surface area (Å²) in [4.78, 5) is 12.2. The minimum atomic E-state index is -0.396. The van der Waals surface area contributed by atoms with Crippen LogP contribution in [0.2, 0.25) is 5.02 Å². The van der Waals surface area contributed by atoms with Crippen molar-refractivity contribution in [3.63, 3.8) is 0 Å². The fraction of sp³-hybridized carbons (Fsp3) is 0.375. The standard InChI is InChI=1S/C16H18ClFN2O/c1-3-13-9-14(20(4-2)19-13)10-15(21)7-11-5-6-12(18)8-16(11)17/h5-6,8-9H,3-4,7,10H2,1-2H3. The second-order valence-electron chi connectivity index (χ2n) is 4.92. The molecule has 0 atom stereocenters. The molecule has 0 aliphatic rings. The molecule has 0 bridgehead atoms. The summed E-state index contributed by atoms with van der Waals surface area (Å²) >= 11 is 5.95. The Morgan fingerprint density at radius 3 is 2.67 bits per heavy atom. The first kappa shape index (κ1) is 15.7. The van der Waals surface area contributed by atoms with Crippen molar-refractivity contribution in [1.29, 1.82) is 0 Å². The van der Waals surface area contributed by atoms with Gasteiger partial charge in [0.25, 0.3) is 0 Å². The fourth-order valence-corrected chi connectivity index (χ4v) is 2.48. The Kier molecular flexibility index (Phi) is 5.12. The van der Waals surface area contributed by atoms with Gasteiger partial charge in [0.15, 0.2) is 0 Å². The molecule has 0 amide bonds. The molecule has 1 heterocycles. The number of carbonyl (C=O) groups excluding carboxylic acids is 1. The van der Waals surface area contributed by atoms with Gasteiger partial charge in [0.1, 0.15) is 11.6 Å². The average molecular weight is 309 g/mol. The van der Waals surface area contributed by atoms with E-state index >= 15 is 0 Å². The van der Waals surface area contributed by atoms with Gasteiger partial charge in [0, 0.05) is 30.1 Å². The lowest BCUT2D eigenvalue weighted by atomic mass is 10.1. The molecule has 112 valence electrons. The summed E-state index contributed by atoms with van der Waals surface area (Å²) < 4.78 is 14.8. The molecule has 0 radical (unpaired) electrons. The highest BCUT2D eigenvalue weighted by Crippen LogP contribution is 2.18. The van der Waals surface area contributed by atoms with Crippen molar-refractivity contribution in [3.05, 3.63) is 52.1 Å². The first-order valence-corrected chi connectivity index (χ1v) is 7.42. The third kappa shape index (κ3) is 3.91. The van der Waals surface area contributed by atoms with Gasteiger partial charge in [-0.1, -0.05) is 24.6 Å². The summed E-state index contributed by atoms with van der Waals surface area (Å²) in [6, 6.07) is 6.08. The van der Waals surface area contributed by atoms with Crippen LogP contribution in [0.15, 0.2) is 24.3 Å². The molecule has 0 saturated heterocycles. The van der Waals surface area contributed by atoms with Crippen molar-refractivity contribution >= 4 is 17.4 Å². The monoisotopic (exact) mass is 308 g/mol. The topological polar surface area (TPSA) is 34.9 Å². The van der Waals surface area contributed by atoms with Crippen LogP contribution in [0.1, 0.15) is 30.8 Å². The normalized spacial score (nSPS) is 10.9. The number of ketones is 1. The van der Waals surface area contributed by atoms with E-state index in [2.05, 4.69) is 5.10 Å². The predicted molar refractivity (Wildman–Crippen MR) is 81.1 cm³/mol. The number of aromatic nitrogens is 2. The molecule has 1 aromatic carbocycles. The Morgan fingerprint density at radius 1 is 1.29 bits per heavy atom. The van der Waals surface area contributed by atoms with Gasteiger partial charge in [-0.2, -0.15) is 5.10 Å². The number of rotatable bonds is 6. The summed E-state index contributed by atoms with van der Waals surface area (Å²) in [7, 11) is 0. The summed E-state index contributed by atoms with van der Waals surface area (Å²) in [6.07, 6.45) is 1.36. The third-order valence-electron chi connectivity index (χ3n) is 3.36. The summed E-state index contributed by atoms with van der Waals surface area (Å²) in [5.41, 5.74) is 2.55. The highest BCUT2D eigenvalue weighted by atomic mass is 35.5. The quantitative estimate of drug-likeness (QED) is 0.817. The number of hydrogen-bond acceptors (Lipinski definition) is 2. The molecule has 0 aliphatic carbocycles. The SMILES string of the molecule is CCc1cc(CC(=O)Cc2ccc(F)cc2Cl)n(CC)n1. The lowest BCUT2D eigenvalue weighted by Crippen LogP contribution is -2.11. The van der Waals surface area contributed by atoms with Crippen LogP contribution in [0.5, 0.6) is 0 Å². The van der Waals surface area contributed by atoms with Crippen LogP contribution >= 0.6 is 11.6 Å². The van der Waals surface area contributed by atoms with Gasteiger partial charge in [-0.25, -0.2) is 4.39 Å². The first-order valence-electron chi connectivity index (χ1n) is 7.04. The molecule has 0 N–H and O–H groups in total. The van der Waals surface area contributed by atoms with Crippen molar-refractivity contribution in [3.8, 4) is 0 Å². The van der Waals surface area contributed by atoms with Crippen LogP contribution in [0.25, 0.3) is 0 Å². The van der Waals surface area contributed by atoms with E-state index in [0.717, 1.165) is 24.4 Å². The zero-order chi connectivity index (χ0) is 15.4. The second kappa shape index (κ2) is 6.85. The lowest BCUT2D eigenvalue weighted by Gasteiger charge is -2.06. The van der Waals surface area contributed by atoms with Crippen LogP contribution in [-0.2, 0) is 30.6 Å². The average Bonchev–Trinajstić information content (AvgIpc) is 2.84. The van der Waals surface area contributed by atoms with Crippen LogP contribution in [0.4, 0.5) is 4.39 Å². The van der Waals surface area contributed by atoms with E-state index in [-0.39, 0.29) is 12.2 Å². The van der Waals surface area contributed by atoms with E-state index in [1.54, 1.807) is 6.07 Å². The van der Waals surface area contributed by atoms with Crippen molar-refractivity contribution < 1.29 is 9.18 Å². The van der Waals surface area contributed by atoms with Gasteiger partial charge in [-0.15, -0.1) is 0 Å². The Bertz CT molecular complexity index is 652. The molecular weight excluding hydrogens is 291 g/mol. The highest BCUT2D eigenvalue weighted by Gasteiger charge is 2.13. The number of hydrogen-bond donors (Lipinski definition) is 0. The minimum Gasteiger partial charge on any atom is -0.299 e. The van der Waals surface area contributed by atoms with E-state index in [9.17, 15) is 9.18 Å². The highest BCUT2D eigenvalue weighted by molar-refractivity contribution is 6.31. The number of carbonyl (C=O) groups is 1. The second-order valence-corrected chi connectivity index (χ2v) is 5.33. The van der Waals surface area contributed by atoms with Crippen molar-refractivity contribution in [2.75, 3.05) is 0 Å². The molecule has 1 aromatic heterocycles. The van der Waals surface area contributed by atoms with Crippen LogP contribution in [0.3, 0.4) is 0 Å². The van der Waals surface area contributed by atoms with E-state index in [4.69, 9.17) is 11.6 Å². The molecule has 0 aliphatic heterocycles. The lowest BCUT2D eigenvalue weighted by molar-refractivity contribution is -0.117. The van der Waals surface area contributed by atoms with Crippen LogP contribution < -0.4 is 0 Å². The largest absolute Gasteiger partial charge is 0.299 e. The number of aryl methyl sites for hydroxylation is 2. The Morgan fingerprint density at radius 2 is 2.05 bits per heavy atom. The van der Waals surface area contributed by atoms with E-state index in [1.165, 1.54) is 12.1 Å². The maximum Gasteiger partial charge on any atom is 0.143 e. The molecule has 0 spiro atoms. The van der Waals surface area contributed by atoms with Crippen molar-refractivity contribution in [2.45, 2.75) is 39.7 Å². The molecule has 2 aromatic rings. The Hall–Kier alpha value is -1.68. The van der Waals surface area contributed by atoms with Crippen molar-refractivity contribution in [2.24, 2.45) is 0 Å². The van der Waals surface area contributed by atoms with Gasteiger partial charge in [-0.3, -0.25) is 9.48 Å². The van der Waals surface area contributed by atoms with Gasteiger partial charge in [-0.05, 0) is 37.1 Å². The van der Waals surface area contributed by atoms with Crippen LogP contribution in [-0.4, -0.2) is 15.6 Å². The van der Waals surface area contributed by atoms with E-state index in [1.807, 2.05) is 24.6 Å². The molecule has 0 unspecified atom stereocenters. The van der Waals surface area contributed by atoms with Crippen LogP contribution in [0, 0.1) is 5.82 Å². The molecule has 0 saturated carbocycles. The number of halogens is 2. The zero-order valence-electron chi connectivity index (χ0n) is 12.2. The molecule has 3 nitrogen and oxygen atoms in total. The molecular formula is C16H18ClFN2O. The molecule has 21 heavy (non-hydrogen) atoms. The summed E-state index contributed by atoms with van der Waals surface area (Å²) in [5.74, 6) is -0.353. The summed E-state index contributed by atoms with van der Waals surface area (Å²) in [6.45, 7) is 4.77. The van der Waals surface area contributed by atoms with Gasteiger partial charge >= 0.3 is 0 Å². The predicted octanol–water partition coefficient (Wildman–Crippen LogP) is 3.61. The maximum absolute atomic E-state index is 13.0. The number of Topliss-reactive ketones (excluding diaryl/α,β-unsaturated/α-hetero) is 1. The van der Waals surface area contributed by atoms with E-state index < -0.39 is 5.82 Å². The van der Waals surface area contributed by atoms with E-state index in [0.29, 0.717) is 17.0 Å². The fourth-order valence-electron chi connectivity index (χ4n) is 2.25. The van der Waals surface area contributed by atoms with Gasteiger partial charge in [0.2, 0.25) is 0 Å². The first-order chi connectivity index (χ1) is 10.0. The maximum atomic E-state index is 13.0. The number of benzene rings is 1. The molecule has 0 fully saturated rings. The zero-order valence-corrected chi connectivity index (χ0v) is 13.0. The van der Waals surface area contributed by atoms with Gasteiger partial charge in [0.05, 0.1) is 5.69 Å². The van der Waals surface area contributed by atoms with Crippen molar-refractivity contribution in [1.82, 2.24) is 9.78 Å². The Labute approximate surface area is 128 Å².